The summed E-state index contributed by atoms with van der Waals surface area (Å²) in [6, 6.07) is 7.21. The van der Waals surface area contributed by atoms with Crippen LogP contribution in [0.25, 0.3) is 10.6 Å². The highest BCUT2D eigenvalue weighted by Crippen LogP contribution is 2.22. The Morgan fingerprint density at radius 1 is 1.36 bits per heavy atom. The van der Waals surface area contributed by atoms with E-state index in [4.69, 9.17) is 5.53 Å². The number of nitrogens with zero attached hydrogens (tertiary/aromatic N) is 4. The molecule has 3 aromatic rings. The summed E-state index contributed by atoms with van der Waals surface area (Å²) in [6.45, 7) is 1.08. The van der Waals surface area contributed by atoms with E-state index in [1.54, 1.807) is 23.5 Å². The molecule has 0 saturated carbocycles. The number of hydrogen-bond acceptors (Lipinski definition) is 8. The molecule has 10 heteroatoms. The third-order valence-electron chi connectivity index (χ3n) is 3.27. The van der Waals surface area contributed by atoms with Gasteiger partial charge in [-0.1, -0.05) is 6.07 Å². The number of aromatic amines is 1. The first kappa shape index (κ1) is 16.7. The van der Waals surface area contributed by atoms with Crippen molar-refractivity contribution in [2.24, 2.45) is 5.11 Å². The van der Waals surface area contributed by atoms with Crippen LogP contribution in [0.4, 0.5) is 11.8 Å². The number of aromatic nitrogens is 4. The van der Waals surface area contributed by atoms with Crippen LogP contribution in [0.15, 0.2) is 41.0 Å². The van der Waals surface area contributed by atoms with Crippen LogP contribution in [0, 0.1) is 5.53 Å². The molecule has 3 aromatic heterocycles. The number of hydrogen-bond donors (Lipinski definition) is 4. The minimum absolute atomic E-state index is 0.217. The smallest absolute Gasteiger partial charge is 0.271 e. The number of H-pyrrole nitrogens is 1. The average molecular weight is 356 g/mol. The zero-order valence-corrected chi connectivity index (χ0v) is 14.0. The topological polar surface area (TPSA) is 132 Å². The summed E-state index contributed by atoms with van der Waals surface area (Å²) < 4.78 is 0. The zero-order valence-electron chi connectivity index (χ0n) is 13.2. The number of amides is 1. The van der Waals surface area contributed by atoms with E-state index in [1.165, 1.54) is 6.20 Å². The van der Waals surface area contributed by atoms with Crippen LogP contribution >= 0.6 is 11.3 Å². The standard InChI is InChI=1S/C15H16N8OS/c16-21-13-4-7-19-15(20-13)18-6-2-5-17-14(24)11-9-10(22-23-11)12-3-1-8-25-12/h1,3-4,7-9,16H,2,5-6H2,(H,17,24)(H,22,23)(H,18,19,20). The Hall–Kier alpha value is -3.14. The number of rotatable bonds is 8. The summed E-state index contributed by atoms with van der Waals surface area (Å²) in [5, 5.41) is 18.0. The molecule has 0 aliphatic heterocycles. The fourth-order valence-electron chi connectivity index (χ4n) is 2.07. The van der Waals surface area contributed by atoms with Crippen molar-refractivity contribution in [3.05, 3.63) is 41.5 Å². The molecule has 0 spiro atoms. The second-order valence-electron chi connectivity index (χ2n) is 5.03. The molecule has 0 fully saturated rings. The van der Waals surface area contributed by atoms with Crippen molar-refractivity contribution in [2.45, 2.75) is 6.42 Å². The van der Waals surface area contributed by atoms with Crippen molar-refractivity contribution >= 4 is 29.0 Å². The van der Waals surface area contributed by atoms with Gasteiger partial charge in [0.1, 0.15) is 0 Å². The molecule has 0 atom stereocenters. The number of thiophene rings is 1. The molecule has 0 aliphatic rings. The number of nitrogens with one attached hydrogen (secondary N) is 4. The van der Waals surface area contributed by atoms with Gasteiger partial charge in [-0.15, -0.1) is 16.5 Å². The van der Waals surface area contributed by atoms with Gasteiger partial charge in [0.05, 0.1) is 10.6 Å². The molecule has 0 radical (unpaired) electrons. The maximum absolute atomic E-state index is 12.1. The Kier molecular flexibility index (Phi) is 5.42. The summed E-state index contributed by atoms with van der Waals surface area (Å²) in [5.74, 6) is 0.490. The van der Waals surface area contributed by atoms with E-state index >= 15 is 0 Å². The Bertz CT molecular complexity index is 845. The second kappa shape index (κ2) is 8.11. The number of carbonyl (C=O) groups is 1. The molecule has 0 aliphatic carbocycles. The molecular weight excluding hydrogens is 340 g/mol. The van der Waals surface area contributed by atoms with Crippen LogP contribution in [0.3, 0.4) is 0 Å². The number of carbonyl (C=O) groups excluding carboxylic acids is 1. The monoisotopic (exact) mass is 356 g/mol. The van der Waals surface area contributed by atoms with Gasteiger partial charge in [-0.25, -0.2) is 10.5 Å². The predicted molar refractivity (Wildman–Crippen MR) is 94.2 cm³/mol. The largest absolute Gasteiger partial charge is 0.354 e. The molecule has 9 nitrogen and oxygen atoms in total. The van der Waals surface area contributed by atoms with E-state index in [2.05, 4.69) is 35.9 Å². The van der Waals surface area contributed by atoms with E-state index in [1.807, 2.05) is 17.5 Å². The molecular formula is C15H16N8OS. The maximum atomic E-state index is 12.1. The molecule has 4 N–H and O–H groups in total. The lowest BCUT2D eigenvalue weighted by Gasteiger charge is -2.05. The van der Waals surface area contributed by atoms with Crippen LogP contribution < -0.4 is 10.6 Å². The van der Waals surface area contributed by atoms with Crippen molar-refractivity contribution in [2.75, 3.05) is 18.4 Å². The normalized spacial score (nSPS) is 10.4. The molecule has 0 aromatic carbocycles. The number of anilines is 1. The van der Waals surface area contributed by atoms with Crippen LogP contribution in [0.2, 0.25) is 0 Å². The van der Waals surface area contributed by atoms with Crippen LogP contribution in [-0.2, 0) is 0 Å². The van der Waals surface area contributed by atoms with Crippen molar-refractivity contribution in [3.8, 4) is 10.6 Å². The minimum Gasteiger partial charge on any atom is -0.354 e. The van der Waals surface area contributed by atoms with Crippen molar-refractivity contribution in [1.29, 1.82) is 5.53 Å². The van der Waals surface area contributed by atoms with E-state index in [-0.39, 0.29) is 5.91 Å². The first-order valence-corrected chi connectivity index (χ1v) is 8.46. The Morgan fingerprint density at radius 3 is 3.08 bits per heavy atom. The van der Waals surface area contributed by atoms with Crippen molar-refractivity contribution in [3.63, 3.8) is 0 Å². The zero-order chi connectivity index (χ0) is 17.5. The lowest BCUT2D eigenvalue weighted by Crippen LogP contribution is -2.26. The van der Waals surface area contributed by atoms with E-state index in [0.29, 0.717) is 37.0 Å². The summed E-state index contributed by atoms with van der Waals surface area (Å²) in [7, 11) is 0. The van der Waals surface area contributed by atoms with E-state index in [9.17, 15) is 4.79 Å². The second-order valence-corrected chi connectivity index (χ2v) is 5.98. The average Bonchev–Trinajstić information content (AvgIpc) is 3.32. The van der Waals surface area contributed by atoms with Gasteiger partial charge in [-0.05, 0) is 23.9 Å². The van der Waals surface area contributed by atoms with Gasteiger partial charge < -0.3 is 10.6 Å². The fraction of sp³-hybridized carbons (Fsp3) is 0.200. The van der Waals surface area contributed by atoms with E-state index < -0.39 is 0 Å². The maximum Gasteiger partial charge on any atom is 0.271 e. The Balaban J connectivity index is 1.41. The molecule has 3 rings (SSSR count). The van der Waals surface area contributed by atoms with Gasteiger partial charge in [0, 0.05) is 25.4 Å². The van der Waals surface area contributed by atoms with E-state index in [0.717, 1.165) is 10.6 Å². The summed E-state index contributed by atoms with van der Waals surface area (Å²) in [4.78, 5) is 21.2. The lowest BCUT2D eigenvalue weighted by atomic mass is 10.3. The summed E-state index contributed by atoms with van der Waals surface area (Å²) in [6.07, 6.45) is 2.23. The highest BCUT2D eigenvalue weighted by atomic mass is 32.1. The molecule has 25 heavy (non-hydrogen) atoms. The summed E-state index contributed by atoms with van der Waals surface area (Å²) >= 11 is 1.58. The predicted octanol–water partition coefficient (Wildman–Crippen LogP) is 2.82. The third kappa shape index (κ3) is 4.44. The molecule has 0 unspecified atom stereocenters. The first-order valence-electron chi connectivity index (χ1n) is 7.58. The van der Waals surface area contributed by atoms with Gasteiger partial charge in [0.2, 0.25) is 5.95 Å². The Labute approximate surface area is 147 Å². The van der Waals surface area contributed by atoms with Gasteiger partial charge in [-0.2, -0.15) is 10.1 Å². The van der Waals surface area contributed by atoms with Gasteiger partial charge in [-0.3, -0.25) is 9.89 Å². The molecule has 1 amide bonds. The quantitative estimate of drug-likeness (QED) is 0.364. The Morgan fingerprint density at radius 2 is 2.28 bits per heavy atom. The van der Waals surface area contributed by atoms with Crippen molar-refractivity contribution < 1.29 is 4.79 Å². The minimum atomic E-state index is -0.217. The van der Waals surface area contributed by atoms with Crippen LogP contribution in [-0.4, -0.2) is 39.2 Å². The van der Waals surface area contributed by atoms with Crippen LogP contribution in [0.5, 0.6) is 0 Å². The SMILES string of the molecule is N=Nc1ccnc(NCCCNC(=O)c2cc(-c3cccs3)[nH]n2)n1. The van der Waals surface area contributed by atoms with Gasteiger partial charge in [0.25, 0.3) is 5.91 Å². The first-order chi connectivity index (χ1) is 12.3. The lowest BCUT2D eigenvalue weighted by molar-refractivity contribution is 0.0948. The van der Waals surface area contributed by atoms with Gasteiger partial charge >= 0.3 is 0 Å². The molecule has 128 valence electrons. The molecule has 0 bridgehead atoms. The summed E-state index contributed by atoms with van der Waals surface area (Å²) in [5.41, 5.74) is 8.11. The van der Waals surface area contributed by atoms with Gasteiger partial charge in [0.15, 0.2) is 11.5 Å². The highest BCUT2D eigenvalue weighted by molar-refractivity contribution is 7.13. The van der Waals surface area contributed by atoms with Crippen molar-refractivity contribution in [1.82, 2.24) is 25.5 Å². The fourth-order valence-corrected chi connectivity index (χ4v) is 2.77. The third-order valence-corrected chi connectivity index (χ3v) is 4.18. The highest BCUT2D eigenvalue weighted by Gasteiger charge is 2.11. The molecule has 0 saturated heterocycles. The molecule has 3 heterocycles. The van der Waals surface area contributed by atoms with Crippen LogP contribution in [0.1, 0.15) is 16.9 Å².